The van der Waals surface area contributed by atoms with E-state index in [-0.39, 0.29) is 0 Å². The summed E-state index contributed by atoms with van der Waals surface area (Å²) in [5, 5.41) is 2.96. The van der Waals surface area contributed by atoms with Crippen LogP contribution in [-0.4, -0.2) is 26.5 Å². The second-order valence-corrected chi connectivity index (χ2v) is 2.54. The van der Waals surface area contributed by atoms with Gasteiger partial charge in [-0.2, -0.15) is 0 Å². The zero-order chi connectivity index (χ0) is 9.80. The van der Waals surface area contributed by atoms with Gasteiger partial charge in [0.05, 0.1) is 12.7 Å². The minimum atomic E-state index is 0.413. The van der Waals surface area contributed by atoms with Gasteiger partial charge in [-0.25, -0.2) is 19.9 Å². The molecule has 2 heterocycles. The molecule has 0 bridgehead atoms. The fourth-order valence-corrected chi connectivity index (χ4v) is 1.07. The van der Waals surface area contributed by atoms with Gasteiger partial charge in [0.2, 0.25) is 0 Å². The zero-order valence-corrected chi connectivity index (χ0v) is 7.31. The molecule has 2 aromatic rings. The monoisotopic (exact) mass is 185 g/mol. The molecule has 0 saturated carbocycles. The quantitative estimate of drug-likeness (QED) is 0.689. The van der Waals surface area contributed by atoms with E-state index >= 15 is 0 Å². The molecule has 0 atom stereocenters. The molecule has 5 heteroatoms. The molecule has 5 nitrogen and oxygen atoms in total. The van der Waals surface area contributed by atoms with Gasteiger partial charge in [-0.1, -0.05) is 5.92 Å². The van der Waals surface area contributed by atoms with Crippen molar-refractivity contribution in [3.8, 4) is 12.3 Å². The van der Waals surface area contributed by atoms with E-state index in [1.54, 1.807) is 6.20 Å². The third-order valence-corrected chi connectivity index (χ3v) is 1.66. The van der Waals surface area contributed by atoms with Crippen LogP contribution in [0.15, 0.2) is 18.9 Å². The molecule has 68 valence electrons. The third-order valence-electron chi connectivity index (χ3n) is 1.66. The topological polar surface area (TPSA) is 63.6 Å². The number of hydrogen-bond donors (Lipinski definition) is 1. The maximum atomic E-state index is 5.13. The van der Waals surface area contributed by atoms with Crippen LogP contribution in [0.3, 0.4) is 0 Å². The first-order valence-corrected chi connectivity index (χ1v) is 4.00. The molecule has 0 aliphatic heterocycles. The molecule has 0 saturated heterocycles. The lowest BCUT2D eigenvalue weighted by molar-refractivity contribution is 1.13. The number of rotatable bonds is 2. The average Bonchev–Trinajstić information content (AvgIpc) is 2.26. The highest BCUT2D eigenvalue weighted by Gasteiger charge is 2.02. The highest BCUT2D eigenvalue weighted by atomic mass is 15.0. The maximum Gasteiger partial charge on any atom is 0.156 e. The van der Waals surface area contributed by atoms with E-state index in [1.165, 1.54) is 12.7 Å². The lowest BCUT2D eigenvalue weighted by Gasteiger charge is -2.02. The minimum absolute atomic E-state index is 0.413. The summed E-state index contributed by atoms with van der Waals surface area (Å²) in [5.41, 5.74) is 1.37. The predicted octanol–water partition coefficient (Wildman–Crippen LogP) is 0.465. The van der Waals surface area contributed by atoms with E-state index in [1.807, 2.05) is 0 Å². The van der Waals surface area contributed by atoms with Crippen molar-refractivity contribution in [3.63, 3.8) is 0 Å². The molecule has 0 spiro atoms. The predicted molar refractivity (Wildman–Crippen MR) is 52.5 cm³/mol. The number of nitrogens with zero attached hydrogens (tertiary/aromatic N) is 4. The van der Waals surface area contributed by atoms with Crippen LogP contribution in [0.5, 0.6) is 0 Å². The molecule has 0 unspecified atom stereocenters. The van der Waals surface area contributed by atoms with Crippen LogP contribution >= 0.6 is 0 Å². The Morgan fingerprint density at radius 2 is 2.21 bits per heavy atom. The van der Waals surface area contributed by atoms with E-state index < -0.39 is 0 Å². The van der Waals surface area contributed by atoms with Gasteiger partial charge in [-0.15, -0.1) is 6.42 Å². The number of anilines is 1. The third kappa shape index (κ3) is 1.45. The van der Waals surface area contributed by atoms with Crippen molar-refractivity contribution in [1.29, 1.82) is 0 Å². The van der Waals surface area contributed by atoms with Crippen molar-refractivity contribution in [2.24, 2.45) is 0 Å². The van der Waals surface area contributed by atoms with Gasteiger partial charge in [-0.3, -0.25) is 0 Å². The number of hydrogen-bond acceptors (Lipinski definition) is 5. The van der Waals surface area contributed by atoms with E-state index in [4.69, 9.17) is 6.42 Å². The highest BCUT2D eigenvalue weighted by molar-refractivity contribution is 5.83. The van der Waals surface area contributed by atoms with Crippen molar-refractivity contribution < 1.29 is 0 Å². The number of nitrogens with one attached hydrogen (secondary N) is 1. The Bertz CT molecular complexity index is 483. The summed E-state index contributed by atoms with van der Waals surface area (Å²) in [4.78, 5) is 16.0. The van der Waals surface area contributed by atoms with Crippen LogP contribution < -0.4 is 5.32 Å². The zero-order valence-electron chi connectivity index (χ0n) is 7.31. The van der Waals surface area contributed by atoms with Gasteiger partial charge in [0.1, 0.15) is 23.7 Å². The first kappa shape index (κ1) is 8.38. The standard InChI is InChI=1S/C9H7N5/c1-2-3-11-9-8-7(12-6-14-9)4-10-5-13-8/h1,4-6H,3H2,(H,11,12,14). The van der Waals surface area contributed by atoms with Crippen molar-refractivity contribution in [1.82, 2.24) is 19.9 Å². The molecule has 0 amide bonds. The first-order chi connectivity index (χ1) is 6.92. The molecule has 0 radical (unpaired) electrons. The number of aromatic nitrogens is 4. The first-order valence-electron chi connectivity index (χ1n) is 4.00. The molecule has 2 aromatic heterocycles. The Hall–Kier alpha value is -2.22. The normalized spacial score (nSPS) is 9.64. The van der Waals surface area contributed by atoms with Gasteiger partial charge < -0.3 is 5.32 Å². The maximum absolute atomic E-state index is 5.13. The lowest BCUT2D eigenvalue weighted by atomic mass is 10.4. The van der Waals surface area contributed by atoms with Crippen LogP contribution in [0, 0.1) is 12.3 Å². The minimum Gasteiger partial charge on any atom is -0.357 e. The van der Waals surface area contributed by atoms with Crippen LogP contribution in [0.25, 0.3) is 11.0 Å². The summed E-state index contributed by atoms with van der Waals surface area (Å²) in [7, 11) is 0. The Morgan fingerprint density at radius 3 is 3.07 bits per heavy atom. The Labute approximate surface area is 80.6 Å². The summed E-state index contributed by atoms with van der Waals surface area (Å²) >= 11 is 0. The Kier molecular flexibility index (Phi) is 2.19. The van der Waals surface area contributed by atoms with Gasteiger partial charge in [0.25, 0.3) is 0 Å². The molecule has 0 aliphatic rings. The van der Waals surface area contributed by atoms with Crippen molar-refractivity contribution in [2.75, 3.05) is 11.9 Å². The van der Waals surface area contributed by atoms with E-state index in [2.05, 4.69) is 31.2 Å². The molecule has 1 N–H and O–H groups in total. The van der Waals surface area contributed by atoms with Crippen LogP contribution in [-0.2, 0) is 0 Å². The second-order valence-electron chi connectivity index (χ2n) is 2.54. The number of terminal acetylenes is 1. The van der Waals surface area contributed by atoms with Gasteiger partial charge >= 0.3 is 0 Å². The highest BCUT2D eigenvalue weighted by Crippen LogP contribution is 2.13. The Balaban J connectivity index is 2.49. The average molecular weight is 185 g/mol. The van der Waals surface area contributed by atoms with E-state index in [9.17, 15) is 0 Å². The second kappa shape index (κ2) is 3.66. The summed E-state index contributed by atoms with van der Waals surface area (Å²) in [5.74, 6) is 3.10. The van der Waals surface area contributed by atoms with Crippen molar-refractivity contribution in [3.05, 3.63) is 18.9 Å². The van der Waals surface area contributed by atoms with E-state index in [0.717, 1.165) is 0 Å². The lowest BCUT2D eigenvalue weighted by Crippen LogP contribution is -2.03. The molecule has 0 aliphatic carbocycles. The molecular weight excluding hydrogens is 178 g/mol. The fraction of sp³-hybridized carbons (Fsp3) is 0.111. The van der Waals surface area contributed by atoms with Crippen molar-refractivity contribution in [2.45, 2.75) is 0 Å². The van der Waals surface area contributed by atoms with Gasteiger partial charge in [0.15, 0.2) is 5.82 Å². The molecule has 2 rings (SSSR count). The fourth-order valence-electron chi connectivity index (χ4n) is 1.07. The van der Waals surface area contributed by atoms with Crippen LogP contribution in [0.4, 0.5) is 5.82 Å². The Morgan fingerprint density at radius 1 is 1.29 bits per heavy atom. The molecule has 14 heavy (non-hydrogen) atoms. The van der Waals surface area contributed by atoms with Gasteiger partial charge in [-0.05, 0) is 0 Å². The number of fused-ring (bicyclic) bond motifs is 1. The summed E-state index contributed by atoms with van der Waals surface area (Å²) in [6.07, 6.45) is 9.66. The molecule has 0 aromatic carbocycles. The molecular formula is C9H7N5. The van der Waals surface area contributed by atoms with Crippen LogP contribution in [0.1, 0.15) is 0 Å². The summed E-state index contributed by atoms with van der Waals surface area (Å²) in [6.45, 7) is 0.413. The van der Waals surface area contributed by atoms with Gasteiger partial charge in [0, 0.05) is 0 Å². The van der Waals surface area contributed by atoms with E-state index in [0.29, 0.717) is 23.4 Å². The molecule has 0 fully saturated rings. The summed E-state index contributed by atoms with van der Waals surface area (Å²) in [6, 6.07) is 0. The van der Waals surface area contributed by atoms with Crippen molar-refractivity contribution >= 4 is 16.9 Å². The smallest absolute Gasteiger partial charge is 0.156 e. The van der Waals surface area contributed by atoms with Crippen LogP contribution in [0.2, 0.25) is 0 Å². The SMILES string of the molecule is C#CCNc1ncnc2cncnc12. The largest absolute Gasteiger partial charge is 0.357 e. The summed E-state index contributed by atoms with van der Waals surface area (Å²) < 4.78 is 0.